The zero-order chi connectivity index (χ0) is 12.5. The van der Waals surface area contributed by atoms with Crippen LogP contribution in [0.25, 0.3) is 11.0 Å². The number of hydrogen-bond donors (Lipinski definition) is 3. The number of aromatic nitrogens is 2. The van der Waals surface area contributed by atoms with Gasteiger partial charge in [-0.3, -0.25) is 4.79 Å². The molecule has 1 fully saturated rings. The van der Waals surface area contributed by atoms with Crippen LogP contribution in [0.3, 0.4) is 0 Å². The lowest BCUT2D eigenvalue weighted by Crippen LogP contribution is -2.42. The van der Waals surface area contributed by atoms with Crippen LogP contribution in [0, 0.1) is 0 Å². The maximum Gasteiger partial charge on any atom is 0.287 e. The molecule has 1 aliphatic heterocycles. The van der Waals surface area contributed by atoms with Crippen LogP contribution in [-0.2, 0) is 4.74 Å². The van der Waals surface area contributed by atoms with Gasteiger partial charge < -0.3 is 20.1 Å². The van der Waals surface area contributed by atoms with Crippen molar-refractivity contribution in [1.29, 1.82) is 0 Å². The summed E-state index contributed by atoms with van der Waals surface area (Å²) < 4.78 is 5.07. The molecule has 3 N–H and O–H groups in total. The van der Waals surface area contributed by atoms with Gasteiger partial charge in [0.05, 0.1) is 36.4 Å². The lowest BCUT2D eigenvalue weighted by atomic mass is 10.2. The van der Waals surface area contributed by atoms with Crippen LogP contribution in [-0.4, -0.2) is 46.3 Å². The highest BCUT2D eigenvalue weighted by Crippen LogP contribution is 2.11. The molecule has 0 bridgehead atoms. The van der Waals surface area contributed by atoms with E-state index in [0.717, 1.165) is 11.0 Å². The summed E-state index contributed by atoms with van der Waals surface area (Å²) in [6, 6.07) is 7.05. The molecular formula is C12H13N3O3. The average Bonchev–Trinajstić information content (AvgIpc) is 2.96. The topological polar surface area (TPSA) is 87.2 Å². The Morgan fingerprint density at radius 3 is 3.00 bits per heavy atom. The Balaban J connectivity index is 1.79. The molecule has 6 heteroatoms. The molecule has 6 nitrogen and oxygen atoms in total. The number of carbonyl (C=O) groups is 1. The number of imidazole rings is 1. The van der Waals surface area contributed by atoms with Gasteiger partial charge in [0.15, 0.2) is 5.82 Å². The van der Waals surface area contributed by atoms with Crippen molar-refractivity contribution >= 4 is 16.9 Å². The molecule has 0 radical (unpaired) electrons. The van der Waals surface area contributed by atoms with Gasteiger partial charge in [0.2, 0.25) is 0 Å². The van der Waals surface area contributed by atoms with Crippen molar-refractivity contribution in [2.75, 3.05) is 13.2 Å². The van der Waals surface area contributed by atoms with E-state index in [9.17, 15) is 9.90 Å². The summed E-state index contributed by atoms with van der Waals surface area (Å²) >= 11 is 0. The Kier molecular flexibility index (Phi) is 2.73. The second-order valence-corrected chi connectivity index (χ2v) is 4.29. The summed E-state index contributed by atoms with van der Waals surface area (Å²) in [5.41, 5.74) is 1.55. The van der Waals surface area contributed by atoms with Crippen molar-refractivity contribution in [1.82, 2.24) is 15.3 Å². The van der Waals surface area contributed by atoms with Crippen LogP contribution in [0.15, 0.2) is 24.3 Å². The molecule has 3 rings (SSSR count). The van der Waals surface area contributed by atoms with Crippen LogP contribution in [0.1, 0.15) is 10.6 Å². The molecule has 2 atom stereocenters. The summed E-state index contributed by atoms with van der Waals surface area (Å²) in [4.78, 5) is 19.1. The molecular weight excluding hydrogens is 234 g/mol. The summed E-state index contributed by atoms with van der Waals surface area (Å²) in [7, 11) is 0. The number of aliphatic hydroxyl groups is 1. The van der Waals surface area contributed by atoms with Crippen molar-refractivity contribution in [3.63, 3.8) is 0 Å². The number of carbonyl (C=O) groups excluding carboxylic acids is 1. The number of benzene rings is 1. The second kappa shape index (κ2) is 4.40. The molecule has 2 heterocycles. The van der Waals surface area contributed by atoms with Crippen LogP contribution in [0.2, 0.25) is 0 Å². The molecule has 0 spiro atoms. The van der Waals surface area contributed by atoms with Crippen molar-refractivity contribution in [2.45, 2.75) is 12.1 Å². The van der Waals surface area contributed by atoms with Gasteiger partial charge >= 0.3 is 0 Å². The van der Waals surface area contributed by atoms with Gasteiger partial charge in [-0.25, -0.2) is 4.98 Å². The molecule has 1 saturated heterocycles. The van der Waals surface area contributed by atoms with Gasteiger partial charge in [-0.05, 0) is 12.1 Å². The monoisotopic (exact) mass is 247 g/mol. The Hall–Kier alpha value is -1.92. The largest absolute Gasteiger partial charge is 0.388 e. The molecule has 0 unspecified atom stereocenters. The summed E-state index contributed by atoms with van der Waals surface area (Å²) in [5, 5.41) is 12.3. The first-order valence-corrected chi connectivity index (χ1v) is 5.75. The number of H-pyrrole nitrogens is 1. The fourth-order valence-electron chi connectivity index (χ4n) is 1.98. The smallest absolute Gasteiger partial charge is 0.287 e. The van der Waals surface area contributed by atoms with Gasteiger partial charge in [0.25, 0.3) is 5.91 Å². The third-order valence-electron chi connectivity index (χ3n) is 2.97. The number of rotatable bonds is 2. The standard InChI is InChI=1S/C12H13N3O3/c16-10-6-18-5-9(10)15-12(17)11-13-7-3-1-2-4-8(7)14-11/h1-4,9-10,16H,5-6H2,(H,13,14)(H,15,17)/t9-,10-/m1/s1. The Morgan fingerprint density at radius 1 is 1.44 bits per heavy atom. The van der Waals surface area contributed by atoms with Crippen molar-refractivity contribution in [3.05, 3.63) is 30.1 Å². The van der Waals surface area contributed by atoms with Gasteiger partial charge in [0, 0.05) is 0 Å². The number of nitrogens with zero attached hydrogens (tertiary/aromatic N) is 1. The number of hydrogen-bond acceptors (Lipinski definition) is 4. The predicted molar refractivity (Wildman–Crippen MR) is 64.2 cm³/mol. The van der Waals surface area contributed by atoms with E-state index in [1.807, 2.05) is 24.3 Å². The van der Waals surface area contributed by atoms with Gasteiger partial charge in [0.1, 0.15) is 0 Å². The minimum Gasteiger partial charge on any atom is -0.388 e. The number of fused-ring (bicyclic) bond motifs is 1. The van der Waals surface area contributed by atoms with E-state index in [2.05, 4.69) is 15.3 Å². The van der Waals surface area contributed by atoms with Gasteiger partial charge in [-0.1, -0.05) is 12.1 Å². The minimum absolute atomic E-state index is 0.246. The maximum absolute atomic E-state index is 11.9. The number of ether oxygens (including phenoxy) is 1. The van der Waals surface area contributed by atoms with Crippen molar-refractivity contribution in [3.8, 4) is 0 Å². The normalized spacial score (nSPS) is 23.4. The first-order valence-electron chi connectivity index (χ1n) is 5.75. The van der Waals surface area contributed by atoms with Crippen molar-refractivity contribution < 1.29 is 14.6 Å². The van der Waals surface area contributed by atoms with Crippen LogP contribution in [0.4, 0.5) is 0 Å². The summed E-state index contributed by atoms with van der Waals surface area (Å²) in [6.07, 6.45) is -0.654. The van der Waals surface area contributed by atoms with E-state index < -0.39 is 6.10 Å². The third-order valence-corrected chi connectivity index (χ3v) is 2.97. The van der Waals surface area contributed by atoms with Crippen LogP contribution < -0.4 is 5.32 Å². The molecule has 18 heavy (non-hydrogen) atoms. The highest BCUT2D eigenvalue weighted by molar-refractivity contribution is 5.94. The molecule has 1 aliphatic rings. The summed E-state index contributed by atoms with van der Waals surface area (Å²) in [5.74, 6) is -0.0870. The fourth-order valence-corrected chi connectivity index (χ4v) is 1.98. The molecule has 1 amide bonds. The lowest BCUT2D eigenvalue weighted by Gasteiger charge is -2.12. The zero-order valence-electron chi connectivity index (χ0n) is 9.59. The van der Waals surface area contributed by atoms with E-state index >= 15 is 0 Å². The van der Waals surface area contributed by atoms with Gasteiger partial charge in [-0.2, -0.15) is 0 Å². The Labute approximate surface area is 103 Å². The Morgan fingerprint density at radius 2 is 2.28 bits per heavy atom. The number of nitrogens with one attached hydrogen (secondary N) is 2. The first-order chi connectivity index (χ1) is 8.74. The number of amides is 1. The van der Waals surface area contributed by atoms with E-state index in [1.54, 1.807) is 0 Å². The predicted octanol–water partition coefficient (Wildman–Crippen LogP) is 0.0524. The molecule has 1 aromatic carbocycles. The molecule has 0 saturated carbocycles. The van der Waals surface area contributed by atoms with E-state index in [1.165, 1.54) is 0 Å². The first kappa shape index (κ1) is 11.2. The number of aliphatic hydroxyl groups excluding tert-OH is 1. The highest BCUT2D eigenvalue weighted by atomic mass is 16.5. The minimum atomic E-state index is -0.654. The molecule has 1 aromatic heterocycles. The van der Waals surface area contributed by atoms with Crippen LogP contribution >= 0.6 is 0 Å². The van der Waals surface area contributed by atoms with E-state index in [4.69, 9.17) is 4.74 Å². The van der Waals surface area contributed by atoms with Crippen molar-refractivity contribution in [2.24, 2.45) is 0 Å². The lowest BCUT2D eigenvalue weighted by molar-refractivity contribution is 0.0877. The van der Waals surface area contributed by atoms with Gasteiger partial charge in [-0.15, -0.1) is 0 Å². The van der Waals surface area contributed by atoms with Crippen LogP contribution in [0.5, 0.6) is 0 Å². The molecule has 0 aliphatic carbocycles. The second-order valence-electron chi connectivity index (χ2n) is 4.29. The molecule has 94 valence electrons. The number of para-hydroxylation sites is 2. The summed E-state index contributed by atoms with van der Waals surface area (Å²) in [6.45, 7) is 0.582. The fraction of sp³-hybridized carbons (Fsp3) is 0.333. The molecule has 2 aromatic rings. The zero-order valence-corrected chi connectivity index (χ0v) is 9.59. The Bertz CT molecular complexity index is 548. The number of aromatic amines is 1. The highest BCUT2D eigenvalue weighted by Gasteiger charge is 2.28. The quantitative estimate of drug-likeness (QED) is 0.700. The SMILES string of the molecule is O=C(N[C@@H]1COC[C@H]1O)c1nc2ccccc2[nH]1. The van der Waals surface area contributed by atoms with E-state index in [-0.39, 0.29) is 24.4 Å². The third kappa shape index (κ3) is 1.96. The average molecular weight is 247 g/mol. The maximum atomic E-state index is 11.9. The van der Waals surface area contributed by atoms with E-state index in [0.29, 0.717) is 6.61 Å².